The molecule has 0 spiro atoms. The average Bonchev–Trinajstić information content (AvgIpc) is 3.26. The van der Waals surface area contributed by atoms with Crippen LogP contribution in [-0.2, 0) is 14.8 Å². The molecule has 0 radical (unpaired) electrons. The van der Waals surface area contributed by atoms with Gasteiger partial charge in [0, 0.05) is 24.9 Å². The molecule has 0 bridgehead atoms. The second kappa shape index (κ2) is 9.16. The van der Waals surface area contributed by atoms with E-state index in [1.54, 1.807) is 0 Å². The number of hydrogen-bond acceptors (Lipinski definition) is 8. The zero-order chi connectivity index (χ0) is 22.6. The van der Waals surface area contributed by atoms with Gasteiger partial charge in [-0.3, -0.25) is 25.0 Å². The highest BCUT2D eigenvalue weighted by Gasteiger charge is 2.24. The molecule has 1 fully saturated rings. The molecule has 1 aliphatic rings. The fraction of sp³-hybridized carbons (Fsp3) is 0.278. The third-order valence-electron chi connectivity index (χ3n) is 4.58. The van der Waals surface area contributed by atoms with Crippen LogP contribution < -0.4 is 10.0 Å². The third kappa shape index (κ3) is 5.39. The van der Waals surface area contributed by atoms with Crippen LogP contribution >= 0.6 is 0 Å². The number of hydrogen-bond donors (Lipinski definition) is 2. The highest BCUT2D eigenvalue weighted by Crippen LogP contribution is 2.26. The number of carbonyl (C=O) groups is 1. The third-order valence-corrected chi connectivity index (χ3v) is 6.02. The van der Waals surface area contributed by atoms with Crippen LogP contribution in [0.15, 0.2) is 47.4 Å². The molecule has 2 aromatic carbocycles. The summed E-state index contributed by atoms with van der Waals surface area (Å²) in [5.41, 5.74) is -1.42. The zero-order valence-electron chi connectivity index (χ0n) is 16.0. The van der Waals surface area contributed by atoms with Crippen molar-refractivity contribution in [2.45, 2.75) is 23.8 Å². The Hall–Kier alpha value is -3.42. The molecule has 1 atom stereocenters. The molecule has 31 heavy (non-hydrogen) atoms. The molecule has 13 heteroatoms. The first-order valence-corrected chi connectivity index (χ1v) is 10.6. The minimum atomic E-state index is -3.77. The second-order valence-electron chi connectivity index (χ2n) is 6.68. The first kappa shape index (κ1) is 22.3. The Bertz CT molecular complexity index is 1110. The number of ether oxygens (including phenoxy) is 1. The Kier molecular flexibility index (Phi) is 6.58. The highest BCUT2D eigenvalue weighted by atomic mass is 32.2. The molecule has 2 aromatic rings. The number of nitro benzene ring substituents is 2. The number of nitrogens with zero attached hydrogens (tertiary/aromatic N) is 2. The SMILES string of the molecule is O=C(Nc1ccc(S(=O)(=O)NCC2CCCO2)cc1)c1ccc([N+](=O)[O-])cc1[N+](=O)[O-]. The van der Waals surface area contributed by atoms with Crippen LogP contribution in [0.3, 0.4) is 0 Å². The van der Waals surface area contributed by atoms with E-state index in [4.69, 9.17) is 4.74 Å². The van der Waals surface area contributed by atoms with E-state index in [9.17, 15) is 33.4 Å². The van der Waals surface area contributed by atoms with Gasteiger partial charge in [-0.15, -0.1) is 0 Å². The van der Waals surface area contributed by atoms with Crippen molar-refractivity contribution in [1.29, 1.82) is 0 Å². The topological polar surface area (TPSA) is 171 Å². The van der Waals surface area contributed by atoms with Crippen molar-refractivity contribution in [2.75, 3.05) is 18.5 Å². The minimum Gasteiger partial charge on any atom is -0.377 e. The van der Waals surface area contributed by atoms with E-state index >= 15 is 0 Å². The summed E-state index contributed by atoms with van der Waals surface area (Å²) >= 11 is 0. The Morgan fingerprint density at radius 1 is 1.10 bits per heavy atom. The van der Waals surface area contributed by atoms with Crippen LogP contribution in [0.5, 0.6) is 0 Å². The van der Waals surface area contributed by atoms with E-state index in [-0.39, 0.29) is 28.8 Å². The van der Waals surface area contributed by atoms with E-state index in [1.807, 2.05) is 0 Å². The maximum absolute atomic E-state index is 12.4. The van der Waals surface area contributed by atoms with Gasteiger partial charge in [0.15, 0.2) is 0 Å². The zero-order valence-corrected chi connectivity index (χ0v) is 16.8. The summed E-state index contributed by atoms with van der Waals surface area (Å²) in [4.78, 5) is 32.7. The van der Waals surface area contributed by atoms with Gasteiger partial charge in [-0.25, -0.2) is 13.1 Å². The number of amides is 1. The molecular formula is C18H18N4O8S. The number of benzene rings is 2. The number of carbonyl (C=O) groups excluding carboxylic acids is 1. The van der Waals surface area contributed by atoms with Crippen LogP contribution in [0, 0.1) is 20.2 Å². The second-order valence-corrected chi connectivity index (χ2v) is 8.45. The van der Waals surface area contributed by atoms with Crippen molar-refractivity contribution in [3.63, 3.8) is 0 Å². The van der Waals surface area contributed by atoms with Crippen LogP contribution in [0.4, 0.5) is 17.1 Å². The first-order chi connectivity index (χ1) is 14.7. The fourth-order valence-electron chi connectivity index (χ4n) is 2.98. The smallest absolute Gasteiger partial charge is 0.289 e. The Balaban J connectivity index is 1.71. The van der Waals surface area contributed by atoms with Crippen LogP contribution in [0.2, 0.25) is 0 Å². The molecular weight excluding hydrogens is 432 g/mol. The van der Waals surface area contributed by atoms with Crippen molar-refractivity contribution in [3.8, 4) is 0 Å². The number of rotatable bonds is 8. The fourth-order valence-corrected chi connectivity index (χ4v) is 4.05. The summed E-state index contributed by atoms with van der Waals surface area (Å²) in [6.07, 6.45) is 1.50. The maximum atomic E-state index is 12.4. The standard InChI is InChI=1S/C18H18N4O8S/c23-18(16-8-5-13(21(24)25)10-17(16)22(26)27)20-12-3-6-15(7-4-12)31(28,29)19-11-14-2-1-9-30-14/h3-8,10,14,19H,1-2,9,11H2,(H,20,23). The molecule has 3 rings (SSSR count). The summed E-state index contributed by atoms with van der Waals surface area (Å²) < 4.78 is 32.6. The van der Waals surface area contributed by atoms with Crippen molar-refractivity contribution in [2.24, 2.45) is 0 Å². The van der Waals surface area contributed by atoms with Crippen LogP contribution in [0.1, 0.15) is 23.2 Å². The number of anilines is 1. The lowest BCUT2D eigenvalue weighted by molar-refractivity contribution is -0.394. The molecule has 1 amide bonds. The first-order valence-electron chi connectivity index (χ1n) is 9.13. The van der Waals surface area contributed by atoms with Gasteiger partial charge < -0.3 is 10.1 Å². The summed E-state index contributed by atoms with van der Waals surface area (Å²) in [5, 5.41) is 24.4. The Labute approximate surface area is 176 Å². The monoisotopic (exact) mass is 450 g/mol. The number of nitro groups is 2. The molecule has 1 unspecified atom stereocenters. The van der Waals surface area contributed by atoms with Gasteiger partial charge in [0.1, 0.15) is 5.56 Å². The van der Waals surface area contributed by atoms with E-state index in [1.165, 1.54) is 24.3 Å². The lowest BCUT2D eigenvalue weighted by Crippen LogP contribution is -2.31. The largest absolute Gasteiger partial charge is 0.377 e. The van der Waals surface area contributed by atoms with Gasteiger partial charge in [-0.1, -0.05) is 0 Å². The van der Waals surface area contributed by atoms with Gasteiger partial charge in [-0.05, 0) is 43.2 Å². The molecule has 1 aliphatic heterocycles. The predicted octanol–water partition coefficient (Wildman–Crippen LogP) is 2.21. The molecule has 164 valence electrons. The predicted molar refractivity (Wildman–Crippen MR) is 108 cm³/mol. The minimum absolute atomic E-state index is 0.0233. The summed E-state index contributed by atoms with van der Waals surface area (Å²) in [6.45, 7) is 0.762. The van der Waals surface area contributed by atoms with Gasteiger partial charge >= 0.3 is 0 Å². The number of non-ortho nitro benzene ring substituents is 1. The lowest BCUT2D eigenvalue weighted by atomic mass is 10.1. The van der Waals surface area contributed by atoms with Crippen LogP contribution in [-0.4, -0.2) is 43.4 Å². The molecule has 0 aromatic heterocycles. The molecule has 1 heterocycles. The van der Waals surface area contributed by atoms with Crippen molar-refractivity contribution < 1.29 is 27.8 Å². The summed E-state index contributed by atoms with van der Waals surface area (Å²) in [5.74, 6) is -0.867. The highest BCUT2D eigenvalue weighted by molar-refractivity contribution is 7.89. The van der Waals surface area contributed by atoms with Gasteiger partial charge in [0.25, 0.3) is 17.3 Å². The molecule has 2 N–H and O–H groups in total. The summed E-state index contributed by atoms with van der Waals surface area (Å²) in [7, 11) is -3.77. The molecule has 1 saturated heterocycles. The van der Waals surface area contributed by atoms with Crippen LogP contribution in [0.25, 0.3) is 0 Å². The molecule has 0 aliphatic carbocycles. The van der Waals surface area contributed by atoms with Gasteiger partial charge in [0.05, 0.1) is 26.9 Å². The summed E-state index contributed by atoms with van der Waals surface area (Å²) in [6, 6.07) is 7.88. The quantitative estimate of drug-likeness (QED) is 0.455. The van der Waals surface area contributed by atoms with E-state index in [0.717, 1.165) is 25.0 Å². The van der Waals surface area contributed by atoms with E-state index in [0.29, 0.717) is 12.7 Å². The van der Waals surface area contributed by atoms with E-state index in [2.05, 4.69) is 10.0 Å². The Morgan fingerprint density at radius 3 is 2.39 bits per heavy atom. The normalized spacial score (nSPS) is 16.1. The number of nitrogens with one attached hydrogen (secondary N) is 2. The average molecular weight is 450 g/mol. The lowest BCUT2D eigenvalue weighted by Gasteiger charge is -2.12. The maximum Gasteiger partial charge on any atom is 0.289 e. The van der Waals surface area contributed by atoms with Crippen molar-refractivity contribution in [1.82, 2.24) is 4.72 Å². The van der Waals surface area contributed by atoms with Crippen molar-refractivity contribution in [3.05, 3.63) is 68.3 Å². The molecule has 0 saturated carbocycles. The van der Waals surface area contributed by atoms with Gasteiger partial charge in [-0.2, -0.15) is 0 Å². The Morgan fingerprint density at radius 2 is 1.81 bits per heavy atom. The van der Waals surface area contributed by atoms with Gasteiger partial charge in [0.2, 0.25) is 10.0 Å². The molecule has 12 nitrogen and oxygen atoms in total. The van der Waals surface area contributed by atoms with E-state index < -0.39 is 37.2 Å². The van der Waals surface area contributed by atoms with Crippen molar-refractivity contribution >= 4 is 33.0 Å². The number of sulfonamides is 1.